The van der Waals surface area contributed by atoms with E-state index >= 15 is 0 Å². The van der Waals surface area contributed by atoms with Gasteiger partial charge in [-0.1, -0.05) is 6.07 Å². The lowest BCUT2D eigenvalue weighted by molar-refractivity contribution is -0.127. The third-order valence-electron chi connectivity index (χ3n) is 4.96. The largest absolute Gasteiger partial charge is 0.490 e. The number of hydrogen-bond acceptors (Lipinski definition) is 5. The van der Waals surface area contributed by atoms with Crippen LogP contribution in [0.2, 0.25) is 0 Å². The number of carbonyl (C=O) groups is 1. The standard InChI is InChI=1S/C23H38N4O4/c1-5-29-20-11-10-18(15-21(20)30-6-2)12-13-24-23(26-17-22(28)27(3)4)25-16-19-9-7-8-14-31-19/h10-11,15,19H,5-9,12-14,16-17H2,1-4H3,(H2,24,25,26). The monoisotopic (exact) mass is 434 g/mol. The van der Waals surface area contributed by atoms with E-state index in [1.165, 1.54) is 6.42 Å². The van der Waals surface area contributed by atoms with Gasteiger partial charge in [-0.15, -0.1) is 0 Å². The van der Waals surface area contributed by atoms with Gasteiger partial charge in [0, 0.05) is 33.8 Å². The number of hydrogen-bond donors (Lipinski definition) is 2. The van der Waals surface area contributed by atoms with Gasteiger partial charge in [0.1, 0.15) is 6.54 Å². The number of ether oxygens (including phenoxy) is 3. The van der Waals surface area contributed by atoms with Crippen LogP contribution in [-0.2, 0) is 16.0 Å². The summed E-state index contributed by atoms with van der Waals surface area (Å²) in [7, 11) is 3.46. The van der Waals surface area contributed by atoms with Crippen LogP contribution in [0.1, 0.15) is 38.7 Å². The maximum Gasteiger partial charge on any atom is 0.243 e. The minimum Gasteiger partial charge on any atom is -0.490 e. The molecule has 1 amide bonds. The molecular formula is C23H38N4O4. The SMILES string of the molecule is CCOc1ccc(CCNC(=NCC(=O)N(C)C)NCC2CCCCO2)cc1OCC. The Hall–Kier alpha value is -2.48. The van der Waals surface area contributed by atoms with Gasteiger partial charge >= 0.3 is 0 Å². The highest BCUT2D eigenvalue weighted by molar-refractivity contribution is 5.84. The number of guanidine groups is 1. The van der Waals surface area contributed by atoms with E-state index in [2.05, 4.69) is 15.6 Å². The predicted molar refractivity (Wildman–Crippen MR) is 123 cm³/mol. The predicted octanol–water partition coefficient (Wildman–Crippen LogP) is 2.22. The Labute approximate surface area is 186 Å². The van der Waals surface area contributed by atoms with Crippen LogP contribution in [0.3, 0.4) is 0 Å². The van der Waals surface area contributed by atoms with Gasteiger partial charge in [0.05, 0.1) is 19.3 Å². The molecule has 0 aromatic heterocycles. The van der Waals surface area contributed by atoms with Gasteiger partial charge in [0.15, 0.2) is 17.5 Å². The fourth-order valence-electron chi connectivity index (χ4n) is 3.22. The Morgan fingerprint density at radius 1 is 1.16 bits per heavy atom. The first-order valence-electron chi connectivity index (χ1n) is 11.3. The molecule has 174 valence electrons. The van der Waals surface area contributed by atoms with E-state index in [0.29, 0.717) is 32.3 Å². The van der Waals surface area contributed by atoms with E-state index in [-0.39, 0.29) is 18.6 Å². The molecule has 2 rings (SSSR count). The molecule has 1 fully saturated rings. The molecule has 1 saturated heterocycles. The van der Waals surface area contributed by atoms with Crippen molar-refractivity contribution in [1.82, 2.24) is 15.5 Å². The Bertz CT molecular complexity index is 703. The van der Waals surface area contributed by atoms with Crippen LogP contribution >= 0.6 is 0 Å². The molecule has 0 saturated carbocycles. The van der Waals surface area contributed by atoms with E-state index < -0.39 is 0 Å². The number of carbonyl (C=O) groups excluding carboxylic acids is 1. The molecule has 1 aromatic carbocycles. The molecule has 1 heterocycles. The molecule has 1 unspecified atom stereocenters. The van der Waals surface area contributed by atoms with Crippen molar-refractivity contribution in [3.8, 4) is 11.5 Å². The van der Waals surface area contributed by atoms with Crippen LogP contribution in [0.5, 0.6) is 11.5 Å². The maximum absolute atomic E-state index is 11.9. The van der Waals surface area contributed by atoms with Crippen molar-refractivity contribution in [3.05, 3.63) is 23.8 Å². The van der Waals surface area contributed by atoms with Crippen molar-refractivity contribution in [2.24, 2.45) is 4.99 Å². The lowest BCUT2D eigenvalue weighted by atomic mass is 10.1. The van der Waals surface area contributed by atoms with Gasteiger partial charge in [0.25, 0.3) is 0 Å². The van der Waals surface area contributed by atoms with Gasteiger partial charge < -0.3 is 29.7 Å². The lowest BCUT2D eigenvalue weighted by Crippen LogP contribution is -2.43. The number of likely N-dealkylation sites (N-methyl/N-ethyl adjacent to an activating group) is 1. The molecule has 1 aromatic rings. The third kappa shape index (κ3) is 9.04. The summed E-state index contributed by atoms with van der Waals surface area (Å²) >= 11 is 0. The molecule has 1 aliphatic heterocycles. The summed E-state index contributed by atoms with van der Waals surface area (Å²) < 4.78 is 17.1. The first-order valence-corrected chi connectivity index (χ1v) is 11.3. The zero-order chi connectivity index (χ0) is 22.5. The Morgan fingerprint density at radius 3 is 2.61 bits per heavy atom. The van der Waals surface area contributed by atoms with Crippen LogP contribution in [0.15, 0.2) is 23.2 Å². The van der Waals surface area contributed by atoms with Crippen molar-refractivity contribution in [1.29, 1.82) is 0 Å². The number of amides is 1. The van der Waals surface area contributed by atoms with Gasteiger partial charge in [-0.05, 0) is 57.2 Å². The average Bonchev–Trinajstić information content (AvgIpc) is 2.77. The molecule has 8 heteroatoms. The summed E-state index contributed by atoms with van der Waals surface area (Å²) in [6.07, 6.45) is 4.33. The second kappa shape index (κ2) is 13.7. The second-order valence-corrected chi connectivity index (χ2v) is 7.65. The Kier molecular flexibility index (Phi) is 11.0. The summed E-state index contributed by atoms with van der Waals surface area (Å²) in [5.41, 5.74) is 1.14. The summed E-state index contributed by atoms with van der Waals surface area (Å²) in [4.78, 5) is 17.9. The van der Waals surface area contributed by atoms with Crippen molar-refractivity contribution < 1.29 is 19.0 Å². The van der Waals surface area contributed by atoms with Gasteiger partial charge in [-0.25, -0.2) is 4.99 Å². The molecule has 8 nitrogen and oxygen atoms in total. The Morgan fingerprint density at radius 2 is 1.94 bits per heavy atom. The number of nitrogens with one attached hydrogen (secondary N) is 2. The van der Waals surface area contributed by atoms with Gasteiger partial charge in [-0.3, -0.25) is 4.79 Å². The minimum atomic E-state index is -0.0390. The molecule has 0 radical (unpaired) electrons. The van der Waals surface area contributed by atoms with Crippen LogP contribution in [0, 0.1) is 0 Å². The van der Waals surface area contributed by atoms with Gasteiger partial charge in [0.2, 0.25) is 5.91 Å². The molecule has 0 aliphatic carbocycles. The van der Waals surface area contributed by atoms with E-state index in [1.807, 2.05) is 32.0 Å². The van der Waals surface area contributed by atoms with E-state index in [0.717, 1.165) is 42.9 Å². The molecule has 2 N–H and O–H groups in total. The summed E-state index contributed by atoms with van der Waals surface area (Å²) in [5.74, 6) is 2.11. The lowest BCUT2D eigenvalue weighted by Gasteiger charge is -2.24. The van der Waals surface area contributed by atoms with Crippen molar-refractivity contribution in [2.75, 3.05) is 53.6 Å². The molecular weight excluding hydrogens is 396 g/mol. The number of rotatable bonds is 11. The highest BCUT2D eigenvalue weighted by atomic mass is 16.5. The van der Waals surface area contributed by atoms with Gasteiger partial charge in [-0.2, -0.15) is 0 Å². The van der Waals surface area contributed by atoms with Crippen molar-refractivity contribution in [2.45, 2.75) is 45.6 Å². The normalized spacial score (nSPS) is 16.5. The first-order chi connectivity index (χ1) is 15.0. The summed E-state index contributed by atoms with van der Waals surface area (Å²) in [6.45, 7) is 7.38. The molecule has 1 aliphatic rings. The smallest absolute Gasteiger partial charge is 0.243 e. The quantitative estimate of drug-likeness (QED) is 0.410. The molecule has 0 spiro atoms. The number of aliphatic imine (C=N–C) groups is 1. The first kappa shape index (κ1) is 24.8. The maximum atomic E-state index is 11.9. The van der Waals surface area contributed by atoms with Crippen molar-refractivity contribution in [3.63, 3.8) is 0 Å². The number of benzene rings is 1. The summed E-state index contributed by atoms with van der Waals surface area (Å²) in [6, 6.07) is 6.02. The molecule has 0 bridgehead atoms. The number of nitrogens with zero attached hydrogens (tertiary/aromatic N) is 2. The van der Waals surface area contributed by atoms with E-state index in [4.69, 9.17) is 14.2 Å². The highest BCUT2D eigenvalue weighted by Crippen LogP contribution is 2.28. The minimum absolute atomic E-state index is 0.0390. The van der Waals surface area contributed by atoms with Crippen LogP contribution in [0.4, 0.5) is 0 Å². The van der Waals surface area contributed by atoms with Crippen LogP contribution < -0.4 is 20.1 Å². The van der Waals surface area contributed by atoms with Crippen molar-refractivity contribution >= 4 is 11.9 Å². The fourth-order valence-corrected chi connectivity index (χ4v) is 3.22. The highest BCUT2D eigenvalue weighted by Gasteiger charge is 2.14. The average molecular weight is 435 g/mol. The topological polar surface area (TPSA) is 84.4 Å². The summed E-state index contributed by atoms with van der Waals surface area (Å²) in [5, 5.41) is 6.66. The van der Waals surface area contributed by atoms with Crippen LogP contribution in [-0.4, -0.2) is 76.4 Å². The molecule has 31 heavy (non-hydrogen) atoms. The third-order valence-corrected chi connectivity index (χ3v) is 4.96. The Balaban J connectivity index is 1.93. The zero-order valence-corrected chi connectivity index (χ0v) is 19.4. The fraction of sp³-hybridized carbons (Fsp3) is 0.652. The van der Waals surface area contributed by atoms with E-state index in [9.17, 15) is 4.79 Å². The van der Waals surface area contributed by atoms with E-state index in [1.54, 1.807) is 19.0 Å². The second-order valence-electron chi connectivity index (χ2n) is 7.65. The van der Waals surface area contributed by atoms with Crippen LogP contribution in [0.25, 0.3) is 0 Å². The zero-order valence-electron chi connectivity index (χ0n) is 19.4. The molecule has 1 atom stereocenters.